The number of guanidine groups is 1. The first-order valence-corrected chi connectivity index (χ1v) is 10.3. The van der Waals surface area contributed by atoms with Gasteiger partial charge in [-0.15, -0.1) is 0 Å². The van der Waals surface area contributed by atoms with Crippen molar-refractivity contribution in [3.63, 3.8) is 0 Å². The molecule has 24 heavy (non-hydrogen) atoms. The van der Waals surface area contributed by atoms with Crippen LogP contribution in [-0.2, 0) is 9.84 Å². The van der Waals surface area contributed by atoms with E-state index in [2.05, 4.69) is 15.6 Å². The molecule has 0 aliphatic rings. The third-order valence-corrected chi connectivity index (χ3v) is 4.34. The molecule has 0 aliphatic heterocycles. The van der Waals surface area contributed by atoms with E-state index < -0.39 is 9.84 Å². The average molecular weight is 356 g/mol. The smallest absolute Gasteiger partial charge is 0.191 e. The van der Waals surface area contributed by atoms with E-state index in [0.29, 0.717) is 25.5 Å². The van der Waals surface area contributed by atoms with Gasteiger partial charge in [-0.3, -0.25) is 0 Å². The lowest BCUT2D eigenvalue weighted by Gasteiger charge is -2.17. The predicted octanol–water partition coefficient (Wildman–Crippen LogP) is 1.75. The zero-order valence-electron chi connectivity index (χ0n) is 15.0. The molecule has 0 saturated heterocycles. The van der Waals surface area contributed by atoms with Crippen LogP contribution in [0.1, 0.15) is 25.8 Å². The van der Waals surface area contributed by atoms with Crippen molar-refractivity contribution < 1.29 is 13.2 Å². The Balaban J connectivity index is 2.45. The number of ether oxygens (including phenoxy) is 1. The lowest BCUT2D eigenvalue weighted by Crippen LogP contribution is -2.43. The van der Waals surface area contributed by atoms with E-state index in [1.165, 1.54) is 6.26 Å². The number of nitrogens with zero attached hydrogens (tertiary/aromatic N) is 1. The Morgan fingerprint density at radius 2 is 2.04 bits per heavy atom. The SMILES string of the molecule is CCNC(=NCCOc1ccccc1C)NC(C)CCS(C)(=O)=O. The van der Waals surface area contributed by atoms with Crippen LogP contribution in [0.3, 0.4) is 0 Å². The van der Waals surface area contributed by atoms with Gasteiger partial charge in [0.15, 0.2) is 5.96 Å². The van der Waals surface area contributed by atoms with Gasteiger partial charge in [-0.25, -0.2) is 13.4 Å². The fourth-order valence-electron chi connectivity index (χ4n) is 2.05. The van der Waals surface area contributed by atoms with Crippen LogP contribution in [0.25, 0.3) is 0 Å². The van der Waals surface area contributed by atoms with Gasteiger partial charge in [-0.05, 0) is 38.8 Å². The molecule has 0 bridgehead atoms. The largest absolute Gasteiger partial charge is 0.491 e. The molecule has 0 fully saturated rings. The molecule has 0 aromatic heterocycles. The molecule has 0 spiro atoms. The minimum atomic E-state index is -2.94. The maximum Gasteiger partial charge on any atom is 0.191 e. The first-order valence-electron chi connectivity index (χ1n) is 8.23. The van der Waals surface area contributed by atoms with Gasteiger partial charge in [0.1, 0.15) is 22.2 Å². The Bertz CT molecular complexity index is 630. The molecule has 0 heterocycles. The van der Waals surface area contributed by atoms with Crippen molar-refractivity contribution in [2.24, 2.45) is 4.99 Å². The highest BCUT2D eigenvalue weighted by atomic mass is 32.2. The van der Waals surface area contributed by atoms with Crippen molar-refractivity contribution >= 4 is 15.8 Å². The lowest BCUT2D eigenvalue weighted by molar-refractivity contribution is 0.326. The lowest BCUT2D eigenvalue weighted by atomic mass is 10.2. The van der Waals surface area contributed by atoms with Crippen molar-refractivity contribution in [2.45, 2.75) is 33.2 Å². The minimum Gasteiger partial charge on any atom is -0.491 e. The minimum absolute atomic E-state index is 0.0230. The highest BCUT2D eigenvalue weighted by molar-refractivity contribution is 7.90. The summed E-state index contributed by atoms with van der Waals surface area (Å²) >= 11 is 0. The number of rotatable bonds is 9. The predicted molar refractivity (Wildman–Crippen MR) is 99.6 cm³/mol. The summed E-state index contributed by atoms with van der Waals surface area (Å²) in [7, 11) is -2.94. The second-order valence-corrected chi connectivity index (χ2v) is 8.10. The van der Waals surface area contributed by atoms with Gasteiger partial charge < -0.3 is 15.4 Å². The zero-order valence-corrected chi connectivity index (χ0v) is 15.8. The van der Waals surface area contributed by atoms with E-state index in [-0.39, 0.29) is 11.8 Å². The van der Waals surface area contributed by atoms with Crippen molar-refractivity contribution in [3.05, 3.63) is 29.8 Å². The molecule has 1 aromatic carbocycles. The Hall–Kier alpha value is -1.76. The van der Waals surface area contributed by atoms with Crippen LogP contribution in [0.4, 0.5) is 0 Å². The average Bonchev–Trinajstić information content (AvgIpc) is 2.50. The van der Waals surface area contributed by atoms with E-state index in [4.69, 9.17) is 4.74 Å². The van der Waals surface area contributed by atoms with Crippen LogP contribution in [0.5, 0.6) is 5.75 Å². The van der Waals surface area contributed by atoms with Gasteiger partial charge in [0.05, 0.1) is 12.3 Å². The van der Waals surface area contributed by atoms with Gasteiger partial charge >= 0.3 is 0 Å². The van der Waals surface area contributed by atoms with Crippen LogP contribution in [0.15, 0.2) is 29.3 Å². The van der Waals surface area contributed by atoms with E-state index in [1.807, 2.05) is 45.0 Å². The van der Waals surface area contributed by atoms with Crippen LogP contribution < -0.4 is 15.4 Å². The van der Waals surface area contributed by atoms with E-state index in [9.17, 15) is 8.42 Å². The quantitative estimate of drug-likeness (QED) is 0.401. The third-order valence-electron chi connectivity index (χ3n) is 3.36. The second kappa shape index (κ2) is 10.2. The summed E-state index contributed by atoms with van der Waals surface area (Å²) in [6.45, 7) is 7.68. The van der Waals surface area contributed by atoms with Crippen molar-refractivity contribution in [3.8, 4) is 5.75 Å². The van der Waals surface area contributed by atoms with Crippen LogP contribution in [0.2, 0.25) is 0 Å². The fraction of sp³-hybridized carbons (Fsp3) is 0.588. The van der Waals surface area contributed by atoms with E-state index in [0.717, 1.165) is 17.9 Å². The first-order chi connectivity index (χ1) is 11.3. The van der Waals surface area contributed by atoms with Crippen LogP contribution in [0, 0.1) is 6.92 Å². The third kappa shape index (κ3) is 8.76. The molecule has 7 heteroatoms. The monoisotopic (exact) mass is 355 g/mol. The van der Waals surface area contributed by atoms with Crippen molar-refractivity contribution in [2.75, 3.05) is 31.7 Å². The molecule has 1 unspecified atom stereocenters. The molecule has 2 N–H and O–H groups in total. The summed E-state index contributed by atoms with van der Waals surface area (Å²) in [6.07, 6.45) is 1.80. The standard InChI is InChI=1S/C17H29N3O3S/c1-5-18-17(20-15(3)10-13-24(4,21)22)19-11-12-23-16-9-7-6-8-14(16)2/h6-9,15H,5,10-13H2,1-4H3,(H2,18,19,20). The van der Waals surface area contributed by atoms with Gasteiger partial charge in [-0.1, -0.05) is 18.2 Å². The number of aliphatic imine (C=N–C) groups is 1. The summed E-state index contributed by atoms with van der Waals surface area (Å²) in [6, 6.07) is 7.89. The van der Waals surface area contributed by atoms with Crippen LogP contribution in [-0.4, -0.2) is 52.1 Å². The summed E-state index contributed by atoms with van der Waals surface area (Å²) in [4.78, 5) is 4.46. The maximum absolute atomic E-state index is 11.2. The first kappa shape index (κ1) is 20.3. The number of para-hydroxylation sites is 1. The summed E-state index contributed by atoms with van der Waals surface area (Å²) < 4.78 is 28.2. The Morgan fingerprint density at radius 3 is 2.67 bits per heavy atom. The Kier molecular flexibility index (Phi) is 8.60. The molecular weight excluding hydrogens is 326 g/mol. The number of aryl methyl sites for hydroxylation is 1. The maximum atomic E-state index is 11.2. The molecule has 1 atom stereocenters. The highest BCUT2D eigenvalue weighted by Crippen LogP contribution is 2.15. The van der Waals surface area contributed by atoms with Gasteiger partial charge in [-0.2, -0.15) is 0 Å². The van der Waals surface area contributed by atoms with E-state index >= 15 is 0 Å². The van der Waals surface area contributed by atoms with Gasteiger partial charge in [0.2, 0.25) is 0 Å². The second-order valence-electron chi connectivity index (χ2n) is 5.84. The molecular formula is C17H29N3O3S. The molecule has 0 radical (unpaired) electrons. The molecule has 6 nitrogen and oxygen atoms in total. The Morgan fingerprint density at radius 1 is 1.33 bits per heavy atom. The Labute approximate surface area is 145 Å². The number of benzene rings is 1. The fourth-order valence-corrected chi connectivity index (χ4v) is 2.83. The molecule has 136 valence electrons. The van der Waals surface area contributed by atoms with E-state index in [1.54, 1.807) is 0 Å². The molecule has 1 rings (SSSR count). The van der Waals surface area contributed by atoms with Crippen molar-refractivity contribution in [1.29, 1.82) is 0 Å². The summed E-state index contributed by atoms with van der Waals surface area (Å²) in [5.74, 6) is 1.70. The summed E-state index contributed by atoms with van der Waals surface area (Å²) in [5.41, 5.74) is 1.10. The van der Waals surface area contributed by atoms with Gasteiger partial charge in [0, 0.05) is 18.8 Å². The molecule has 0 aliphatic carbocycles. The van der Waals surface area contributed by atoms with Crippen molar-refractivity contribution in [1.82, 2.24) is 10.6 Å². The molecule has 1 aromatic rings. The number of nitrogens with one attached hydrogen (secondary N) is 2. The van der Waals surface area contributed by atoms with Gasteiger partial charge in [0.25, 0.3) is 0 Å². The molecule has 0 saturated carbocycles. The van der Waals surface area contributed by atoms with Crippen LogP contribution >= 0.6 is 0 Å². The number of hydrogen-bond acceptors (Lipinski definition) is 4. The molecule has 0 amide bonds. The number of sulfone groups is 1. The topological polar surface area (TPSA) is 79.8 Å². The highest BCUT2D eigenvalue weighted by Gasteiger charge is 2.09. The normalized spacial score (nSPS) is 13.4. The number of hydrogen-bond donors (Lipinski definition) is 2. The summed E-state index contributed by atoms with van der Waals surface area (Å²) in [5, 5.41) is 6.37. The zero-order chi connectivity index (χ0) is 18.0.